The Hall–Kier alpha value is -3.35. The van der Waals surface area contributed by atoms with E-state index in [1.807, 2.05) is 50.2 Å². The van der Waals surface area contributed by atoms with E-state index in [1.165, 1.54) is 4.90 Å². The quantitative estimate of drug-likeness (QED) is 0.691. The molecule has 2 amide bonds. The molecule has 0 aromatic heterocycles. The number of hydrogen-bond donors (Lipinski definition) is 2. The van der Waals surface area contributed by atoms with E-state index < -0.39 is 24.1 Å². The van der Waals surface area contributed by atoms with E-state index in [1.54, 1.807) is 0 Å². The SMILES string of the molecule is CC(C)CC(C(=O)O)N1CCC(NC(=O)OCC2c3ccccc3-c3ccccc32)C1=O. The molecule has 7 heteroatoms. The summed E-state index contributed by atoms with van der Waals surface area (Å²) in [6.45, 7) is 4.30. The van der Waals surface area contributed by atoms with Crippen molar-refractivity contribution >= 4 is 18.0 Å². The van der Waals surface area contributed by atoms with Crippen LogP contribution in [0.5, 0.6) is 0 Å². The van der Waals surface area contributed by atoms with Gasteiger partial charge in [0.2, 0.25) is 5.91 Å². The zero-order valence-corrected chi connectivity index (χ0v) is 18.3. The minimum absolute atomic E-state index is 0.0636. The highest BCUT2D eigenvalue weighted by Gasteiger charge is 2.40. The van der Waals surface area contributed by atoms with Crippen LogP contribution in [-0.4, -0.2) is 53.2 Å². The van der Waals surface area contributed by atoms with Crippen LogP contribution < -0.4 is 5.32 Å². The predicted octanol–water partition coefficient (Wildman–Crippen LogP) is 3.63. The lowest BCUT2D eigenvalue weighted by molar-refractivity contribution is -0.149. The van der Waals surface area contributed by atoms with E-state index >= 15 is 0 Å². The Morgan fingerprint density at radius 1 is 1.09 bits per heavy atom. The zero-order chi connectivity index (χ0) is 22.8. The molecule has 1 fully saturated rings. The van der Waals surface area contributed by atoms with Gasteiger partial charge in [0.05, 0.1) is 0 Å². The zero-order valence-electron chi connectivity index (χ0n) is 18.3. The molecular weight excluding hydrogens is 408 g/mol. The summed E-state index contributed by atoms with van der Waals surface area (Å²) in [5.74, 6) is -1.31. The third-order valence-electron chi connectivity index (χ3n) is 6.23. The highest BCUT2D eigenvalue weighted by molar-refractivity contribution is 5.91. The van der Waals surface area contributed by atoms with Gasteiger partial charge in [0.15, 0.2) is 0 Å². The summed E-state index contributed by atoms with van der Waals surface area (Å²) < 4.78 is 5.52. The summed E-state index contributed by atoms with van der Waals surface area (Å²) in [6, 6.07) is 14.5. The van der Waals surface area contributed by atoms with Gasteiger partial charge in [-0.25, -0.2) is 9.59 Å². The number of benzene rings is 2. The second-order valence-corrected chi connectivity index (χ2v) is 8.83. The van der Waals surface area contributed by atoms with Gasteiger partial charge in [-0.2, -0.15) is 0 Å². The standard InChI is InChI=1S/C25H28N2O5/c1-15(2)13-22(24(29)30)27-12-11-21(23(27)28)26-25(31)32-14-20-18-9-5-3-7-16(18)17-8-4-6-10-19(17)20/h3-10,15,20-22H,11-14H2,1-2H3,(H,26,31)(H,29,30). The Morgan fingerprint density at radius 3 is 2.25 bits per heavy atom. The molecule has 2 unspecified atom stereocenters. The molecule has 1 aliphatic carbocycles. The van der Waals surface area contributed by atoms with E-state index in [9.17, 15) is 19.5 Å². The van der Waals surface area contributed by atoms with Gasteiger partial charge in [-0.15, -0.1) is 0 Å². The lowest BCUT2D eigenvalue weighted by Crippen LogP contribution is -2.47. The number of ether oxygens (including phenoxy) is 1. The number of fused-ring (bicyclic) bond motifs is 3. The molecule has 0 bridgehead atoms. The van der Waals surface area contributed by atoms with Crippen molar-refractivity contribution in [1.82, 2.24) is 10.2 Å². The van der Waals surface area contributed by atoms with Crippen LogP contribution in [0.15, 0.2) is 48.5 Å². The Morgan fingerprint density at radius 2 is 1.69 bits per heavy atom. The molecule has 1 aliphatic heterocycles. The maximum Gasteiger partial charge on any atom is 0.407 e. The first-order chi connectivity index (χ1) is 15.4. The average Bonchev–Trinajstić information content (AvgIpc) is 3.28. The number of nitrogens with zero attached hydrogens (tertiary/aromatic N) is 1. The summed E-state index contributed by atoms with van der Waals surface area (Å²) >= 11 is 0. The van der Waals surface area contributed by atoms with Crippen LogP contribution in [0, 0.1) is 5.92 Å². The predicted molar refractivity (Wildman–Crippen MR) is 119 cm³/mol. The van der Waals surface area contributed by atoms with Crippen molar-refractivity contribution in [2.24, 2.45) is 5.92 Å². The first-order valence-corrected chi connectivity index (χ1v) is 11.0. The van der Waals surface area contributed by atoms with Gasteiger partial charge in [-0.1, -0.05) is 62.4 Å². The minimum Gasteiger partial charge on any atom is -0.480 e. The summed E-state index contributed by atoms with van der Waals surface area (Å²) in [4.78, 5) is 38.2. The van der Waals surface area contributed by atoms with Gasteiger partial charge in [0, 0.05) is 12.5 Å². The lowest BCUT2D eigenvalue weighted by atomic mass is 9.98. The summed E-state index contributed by atoms with van der Waals surface area (Å²) in [5.41, 5.74) is 4.51. The normalized spacial score (nSPS) is 18.4. The van der Waals surface area contributed by atoms with Crippen molar-refractivity contribution in [3.63, 3.8) is 0 Å². The molecule has 2 aromatic rings. The molecule has 32 heavy (non-hydrogen) atoms. The Kier molecular flexibility index (Phi) is 6.17. The number of rotatable bonds is 7. The third kappa shape index (κ3) is 4.20. The van der Waals surface area contributed by atoms with Crippen LogP contribution in [0.2, 0.25) is 0 Å². The molecule has 2 N–H and O–H groups in total. The van der Waals surface area contributed by atoms with Gasteiger partial charge in [0.1, 0.15) is 18.7 Å². The van der Waals surface area contributed by atoms with Crippen LogP contribution in [0.1, 0.15) is 43.7 Å². The summed E-state index contributed by atoms with van der Waals surface area (Å²) in [7, 11) is 0. The van der Waals surface area contributed by atoms with Gasteiger partial charge < -0.3 is 20.1 Å². The molecule has 1 heterocycles. The molecular formula is C25H28N2O5. The number of carboxylic acid groups (broad SMARTS) is 1. The lowest BCUT2D eigenvalue weighted by Gasteiger charge is -2.26. The molecule has 2 atom stereocenters. The average molecular weight is 437 g/mol. The van der Waals surface area contributed by atoms with Gasteiger partial charge in [-0.05, 0) is 41.0 Å². The number of carboxylic acids is 1. The van der Waals surface area contributed by atoms with Gasteiger partial charge >= 0.3 is 12.1 Å². The van der Waals surface area contributed by atoms with Crippen LogP contribution in [-0.2, 0) is 14.3 Å². The van der Waals surface area contributed by atoms with Crippen LogP contribution >= 0.6 is 0 Å². The van der Waals surface area contributed by atoms with Gasteiger partial charge in [-0.3, -0.25) is 4.79 Å². The van der Waals surface area contributed by atoms with E-state index in [0.717, 1.165) is 22.3 Å². The highest BCUT2D eigenvalue weighted by Crippen LogP contribution is 2.44. The van der Waals surface area contributed by atoms with Crippen molar-refractivity contribution in [3.05, 3.63) is 59.7 Å². The Bertz CT molecular complexity index is 989. The van der Waals surface area contributed by atoms with Crippen LogP contribution in [0.25, 0.3) is 11.1 Å². The number of carbonyl (C=O) groups excluding carboxylic acids is 2. The fourth-order valence-corrected chi connectivity index (χ4v) is 4.74. The topological polar surface area (TPSA) is 95.9 Å². The molecule has 0 saturated carbocycles. The largest absolute Gasteiger partial charge is 0.480 e. The van der Waals surface area contributed by atoms with Crippen LogP contribution in [0.3, 0.4) is 0 Å². The Labute approximate surface area is 187 Å². The highest BCUT2D eigenvalue weighted by atomic mass is 16.5. The number of amides is 2. The first kappa shape index (κ1) is 21.9. The van der Waals surface area contributed by atoms with Crippen molar-refractivity contribution in [2.75, 3.05) is 13.2 Å². The summed E-state index contributed by atoms with van der Waals surface area (Å²) in [6.07, 6.45) is 0.0756. The molecule has 2 aliphatic rings. The van der Waals surface area contributed by atoms with E-state index in [2.05, 4.69) is 17.4 Å². The second-order valence-electron chi connectivity index (χ2n) is 8.83. The number of nitrogens with one attached hydrogen (secondary N) is 1. The number of hydrogen-bond acceptors (Lipinski definition) is 4. The number of aliphatic carboxylic acids is 1. The number of likely N-dealkylation sites (tertiary alicyclic amines) is 1. The molecule has 4 rings (SSSR count). The maximum absolute atomic E-state index is 12.7. The second kappa shape index (κ2) is 9.02. The number of alkyl carbamates (subject to hydrolysis) is 1. The van der Waals surface area contributed by atoms with Crippen molar-refractivity contribution in [3.8, 4) is 11.1 Å². The summed E-state index contributed by atoms with van der Waals surface area (Å²) in [5, 5.41) is 12.2. The first-order valence-electron chi connectivity index (χ1n) is 11.0. The molecule has 7 nitrogen and oxygen atoms in total. The van der Waals surface area contributed by atoms with Crippen LogP contribution in [0.4, 0.5) is 4.79 Å². The third-order valence-corrected chi connectivity index (χ3v) is 6.23. The van der Waals surface area contributed by atoms with E-state index in [4.69, 9.17) is 4.74 Å². The molecule has 0 spiro atoms. The van der Waals surface area contributed by atoms with E-state index in [0.29, 0.717) is 19.4 Å². The number of carbonyl (C=O) groups is 3. The van der Waals surface area contributed by atoms with Crippen molar-refractivity contribution in [1.29, 1.82) is 0 Å². The van der Waals surface area contributed by atoms with E-state index in [-0.39, 0.29) is 24.3 Å². The minimum atomic E-state index is -1.02. The van der Waals surface area contributed by atoms with Gasteiger partial charge in [0.25, 0.3) is 0 Å². The molecule has 168 valence electrons. The van der Waals surface area contributed by atoms with Crippen molar-refractivity contribution in [2.45, 2.75) is 44.7 Å². The van der Waals surface area contributed by atoms with Crippen molar-refractivity contribution < 1.29 is 24.2 Å². The Balaban J connectivity index is 1.38. The molecule has 1 saturated heterocycles. The monoisotopic (exact) mass is 436 g/mol. The smallest absolute Gasteiger partial charge is 0.407 e. The molecule has 0 radical (unpaired) electrons. The fraction of sp³-hybridized carbons (Fsp3) is 0.400. The maximum atomic E-state index is 12.7. The fourth-order valence-electron chi connectivity index (χ4n) is 4.74. The molecule has 2 aromatic carbocycles.